The highest BCUT2D eigenvalue weighted by Crippen LogP contribution is 2.42. The second-order valence-electron chi connectivity index (χ2n) is 6.82. The molecule has 3 nitrogen and oxygen atoms in total. The predicted molar refractivity (Wildman–Crippen MR) is 84.7 cm³/mol. The zero-order valence-corrected chi connectivity index (χ0v) is 13.6. The van der Waals surface area contributed by atoms with Crippen LogP contribution in [0.25, 0.3) is 0 Å². The van der Waals surface area contributed by atoms with E-state index in [9.17, 15) is 4.79 Å². The molecule has 0 aromatic heterocycles. The third-order valence-corrected chi connectivity index (χ3v) is 5.87. The number of piperidine rings is 4. The minimum atomic E-state index is 0. The number of amides is 1. The summed E-state index contributed by atoms with van der Waals surface area (Å²) in [5.41, 5.74) is 0. The van der Waals surface area contributed by atoms with E-state index < -0.39 is 0 Å². The fourth-order valence-electron chi connectivity index (χ4n) is 5.10. The molecule has 4 heterocycles. The average molecular weight is 321 g/mol. The molecule has 4 aliphatic heterocycles. The fourth-order valence-corrected chi connectivity index (χ4v) is 5.10. The molecule has 0 aromatic rings. The number of carbonyl (C=O) groups excluding carboxylic acids is 1. The molecule has 0 unspecified atom stereocenters. The summed E-state index contributed by atoms with van der Waals surface area (Å²) < 4.78 is 0. The van der Waals surface area contributed by atoms with Crippen LogP contribution in [0.1, 0.15) is 44.9 Å². The summed E-state index contributed by atoms with van der Waals surface area (Å²) in [6.45, 7) is 3.66. The lowest BCUT2D eigenvalue weighted by Crippen LogP contribution is -2.64. The summed E-state index contributed by atoms with van der Waals surface area (Å²) in [4.78, 5) is 17.2. The van der Waals surface area contributed by atoms with Gasteiger partial charge in [0.1, 0.15) is 0 Å². The van der Waals surface area contributed by atoms with Crippen LogP contribution < -0.4 is 0 Å². The standard InChI is InChI=1S/C15H24N2O.2ClH/c18-15-6-3-5-14-11-8-12(10-17(14)15)13-4-1-2-7-16(13)9-11;;/h11-14H,1-10H2;2*1H/t11-,12-,13-,14+;;/m0../s1. The van der Waals surface area contributed by atoms with Gasteiger partial charge in [0.15, 0.2) is 0 Å². The lowest BCUT2D eigenvalue weighted by Gasteiger charge is -2.56. The van der Waals surface area contributed by atoms with Crippen LogP contribution in [-0.4, -0.2) is 47.4 Å². The molecule has 0 saturated carbocycles. The first kappa shape index (κ1) is 16.4. The Labute approximate surface area is 134 Å². The van der Waals surface area contributed by atoms with Crippen molar-refractivity contribution in [3.8, 4) is 0 Å². The number of rotatable bonds is 0. The molecular formula is C15H26Cl2N2O. The van der Waals surface area contributed by atoms with Crippen molar-refractivity contribution >= 4 is 30.7 Å². The van der Waals surface area contributed by atoms with E-state index in [4.69, 9.17) is 0 Å². The van der Waals surface area contributed by atoms with Gasteiger partial charge in [-0.05, 0) is 50.5 Å². The molecule has 0 radical (unpaired) electrons. The van der Waals surface area contributed by atoms with Gasteiger partial charge in [0.25, 0.3) is 0 Å². The zero-order chi connectivity index (χ0) is 12.1. The zero-order valence-electron chi connectivity index (χ0n) is 12.0. The van der Waals surface area contributed by atoms with Gasteiger partial charge in [0.2, 0.25) is 5.91 Å². The lowest BCUT2D eigenvalue weighted by molar-refractivity contribution is -0.148. The first-order chi connectivity index (χ1) is 8.83. The molecule has 2 bridgehead atoms. The minimum Gasteiger partial charge on any atom is -0.339 e. The Morgan fingerprint density at radius 2 is 1.65 bits per heavy atom. The van der Waals surface area contributed by atoms with Crippen molar-refractivity contribution in [2.24, 2.45) is 11.8 Å². The Kier molecular flexibility index (Phi) is 5.25. The average Bonchev–Trinajstić information content (AvgIpc) is 2.40. The number of hydrogen-bond acceptors (Lipinski definition) is 2. The number of halogens is 2. The van der Waals surface area contributed by atoms with Crippen molar-refractivity contribution in [2.45, 2.75) is 57.0 Å². The highest BCUT2D eigenvalue weighted by atomic mass is 35.5. The van der Waals surface area contributed by atoms with Gasteiger partial charge in [-0.1, -0.05) is 6.42 Å². The summed E-state index contributed by atoms with van der Waals surface area (Å²) in [6.07, 6.45) is 8.78. The van der Waals surface area contributed by atoms with Gasteiger partial charge < -0.3 is 4.90 Å². The normalized spacial score (nSPS) is 40.0. The molecule has 1 amide bonds. The van der Waals surface area contributed by atoms with Crippen LogP contribution in [0.4, 0.5) is 0 Å². The van der Waals surface area contributed by atoms with Gasteiger partial charge in [-0.15, -0.1) is 24.8 Å². The van der Waals surface area contributed by atoms with Crippen molar-refractivity contribution < 1.29 is 4.79 Å². The molecule has 0 aliphatic carbocycles. The van der Waals surface area contributed by atoms with Crippen LogP contribution in [-0.2, 0) is 4.79 Å². The van der Waals surface area contributed by atoms with Gasteiger partial charge in [-0.2, -0.15) is 0 Å². The summed E-state index contributed by atoms with van der Waals surface area (Å²) in [6, 6.07) is 1.39. The second kappa shape index (κ2) is 6.41. The molecule has 0 N–H and O–H groups in total. The molecule has 116 valence electrons. The first-order valence-corrected chi connectivity index (χ1v) is 7.86. The van der Waals surface area contributed by atoms with Crippen molar-refractivity contribution in [3.05, 3.63) is 0 Å². The Balaban J connectivity index is 0.000000735. The van der Waals surface area contributed by atoms with Crippen LogP contribution in [0.15, 0.2) is 0 Å². The number of fused-ring (bicyclic) bond motifs is 6. The molecule has 20 heavy (non-hydrogen) atoms. The van der Waals surface area contributed by atoms with E-state index in [0.717, 1.165) is 37.3 Å². The van der Waals surface area contributed by atoms with E-state index in [0.29, 0.717) is 11.9 Å². The van der Waals surface area contributed by atoms with Crippen LogP contribution in [0, 0.1) is 11.8 Å². The SMILES string of the molecule is Cl.Cl.O=C1CCC[C@@H]2[C@H]3C[C@@H](CN12)[C@@H]1CCCCN1C3. The molecule has 4 atom stereocenters. The number of nitrogens with zero attached hydrogens (tertiary/aromatic N) is 2. The molecule has 0 spiro atoms. The highest BCUT2D eigenvalue weighted by Gasteiger charge is 2.47. The molecule has 4 rings (SSSR count). The van der Waals surface area contributed by atoms with Gasteiger partial charge in [0, 0.05) is 31.6 Å². The number of hydrogen-bond donors (Lipinski definition) is 0. The maximum Gasteiger partial charge on any atom is 0.222 e. The van der Waals surface area contributed by atoms with E-state index in [1.165, 1.54) is 45.2 Å². The van der Waals surface area contributed by atoms with E-state index in [1.54, 1.807) is 0 Å². The lowest BCUT2D eigenvalue weighted by atomic mass is 9.71. The van der Waals surface area contributed by atoms with E-state index in [2.05, 4.69) is 9.80 Å². The topological polar surface area (TPSA) is 23.6 Å². The summed E-state index contributed by atoms with van der Waals surface area (Å²) >= 11 is 0. The third-order valence-electron chi connectivity index (χ3n) is 5.87. The fraction of sp³-hybridized carbons (Fsp3) is 0.933. The van der Waals surface area contributed by atoms with Crippen molar-refractivity contribution in [1.82, 2.24) is 9.80 Å². The van der Waals surface area contributed by atoms with Crippen molar-refractivity contribution in [1.29, 1.82) is 0 Å². The van der Waals surface area contributed by atoms with Gasteiger partial charge in [-0.25, -0.2) is 0 Å². The van der Waals surface area contributed by atoms with Gasteiger partial charge in [0.05, 0.1) is 0 Å². The Morgan fingerprint density at radius 3 is 2.50 bits per heavy atom. The summed E-state index contributed by atoms with van der Waals surface area (Å²) in [7, 11) is 0. The van der Waals surface area contributed by atoms with E-state index in [-0.39, 0.29) is 24.8 Å². The highest BCUT2D eigenvalue weighted by molar-refractivity contribution is 5.85. The van der Waals surface area contributed by atoms with Crippen molar-refractivity contribution in [2.75, 3.05) is 19.6 Å². The van der Waals surface area contributed by atoms with Gasteiger partial charge >= 0.3 is 0 Å². The van der Waals surface area contributed by atoms with Crippen LogP contribution in [0.3, 0.4) is 0 Å². The Hall–Kier alpha value is 0.01000. The molecule has 4 aliphatic rings. The quantitative estimate of drug-likeness (QED) is 0.685. The molecule has 5 heteroatoms. The van der Waals surface area contributed by atoms with Crippen LogP contribution >= 0.6 is 24.8 Å². The summed E-state index contributed by atoms with van der Waals surface area (Å²) in [5, 5.41) is 0. The first-order valence-electron chi connectivity index (χ1n) is 7.86. The van der Waals surface area contributed by atoms with Crippen LogP contribution in [0.5, 0.6) is 0 Å². The maximum atomic E-state index is 12.1. The predicted octanol–water partition coefficient (Wildman–Crippen LogP) is 2.72. The largest absolute Gasteiger partial charge is 0.339 e. The smallest absolute Gasteiger partial charge is 0.222 e. The van der Waals surface area contributed by atoms with Gasteiger partial charge in [-0.3, -0.25) is 9.69 Å². The molecular weight excluding hydrogens is 295 g/mol. The maximum absolute atomic E-state index is 12.1. The van der Waals surface area contributed by atoms with Crippen molar-refractivity contribution in [3.63, 3.8) is 0 Å². The Morgan fingerprint density at radius 1 is 0.900 bits per heavy atom. The third kappa shape index (κ3) is 2.57. The van der Waals surface area contributed by atoms with E-state index in [1.807, 2.05) is 0 Å². The minimum absolute atomic E-state index is 0. The second-order valence-corrected chi connectivity index (χ2v) is 6.82. The number of carbonyl (C=O) groups is 1. The summed E-state index contributed by atoms with van der Waals surface area (Å²) in [5.74, 6) is 2.01. The molecule has 4 fully saturated rings. The van der Waals surface area contributed by atoms with Crippen LogP contribution in [0.2, 0.25) is 0 Å². The molecule has 4 saturated heterocycles. The van der Waals surface area contributed by atoms with E-state index >= 15 is 0 Å². The Bertz CT molecular complexity index is 366. The molecule has 0 aromatic carbocycles. The monoisotopic (exact) mass is 320 g/mol.